The lowest BCUT2D eigenvalue weighted by molar-refractivity contribution is 0.295. The first kappa shape index (κ1) is 12.9. The third-order valence-electron chi connectivity index (χ3n) is 2.14. The number of methoxy groups -OCH3 is 1. The number of nitrogens with zero attached hydrogens (tertiary/aromatic N) is 2. The van der Waals surface area contributed by atoms with Crippen molar-refractivity contribution in [3.63, 3.8) is 0 Å². The summed E-state index contributed by atoms with van der Waals surface area (Å²) in [6.45, 7) is 0.201. The van der Waals surface area contributed by atoms with Gasteiger partial charge in [-0.25, -0.2) is 9.97 Å². The summed E-state index contributed by atoms with van der Waals surface area (Å²) in [7, 11) is 1.61. The van der Waals surface area contributed by atoms with Crippen LogP contribution in [0, 0.1) is 0 Å². The second kappa shape index (κ2) is 5.89. The standard InChI is InChI=1S/C12H10Cl2N2O2/c1-17-8-2-4-9(5-3-8)18-7-12-15-10(13)6-11(14)16-12/h2-6H,7H2,1H3. The third kappa shape index (κ3) is 3.48. The second-order valence-corrected chi connectivity index (χ2v) is 4.17. The number of ether oxygens (including phenoxy) is 2. The Morgan fingerprint density at radius 1 is 1.00 bits per heavy atom. The molecule has 0 saturated heterocycles. The van der Waals surface area contributed by atoms with E-state index in [0.29, 0.717) is 21.9 Å². The number of halogens is 2. The van der Waals surface area contributed by atoms with E-state index in [1.165, 1.54) is 6.07 Å². The molecular weight excluding hydrogens is 275 g/mol. The first-order valence-corrected chi connectivity index (χ1v) is 5.89. The normalized spacial score (nSPS) is 10.2. The van der Waals surface area contributed by atoms with E-state index in [9.17, 15) is 0 Å². The van der Waals surface area contributed by atoms with Crippen molar-refractivity contribution in [1.82, 2.24) is 9.97 Å². The van der Waals surface area contributed by atoms with E-state index in [2.05, 4.69) is 9.97 Å². The molecule has 0 atom stereocenters. The molecule has 0 bridgehead atoms. The quantitative estimate of drug-likeness (QED) is 0.808. The fraction of sp³-hybridized carbons (Fsp3) is 0.167. The minimum atomic E-state index is 0.201. The minimum Gasteiger partial charge on any atom is -0.497 e. The second-order valence-electron chi connectivity index (χ2n) is 3.39. The van der Waals surface area contributed by atoms with E-state index in [-0.39, 0.29) is 6.61 Å². The van der Waals surface area contributed by atoms with Gasteiger partial charge in [0.1, 0.15) is 28.4 Å². The van der Waals surface area contributed by atoms with E-state index >= 15 is 0 Å². The summed E-state index contributed by atoms with van der Waals surface area (Å²) < 4.78 is 10.6. The topological polar surface area (TPSA) is 44.2 Å². The Morgan fingerprint density at radius 2 is 1.56 bits per heavy atom. The van der Waals surface area contributed by atoms with Crippen molar-refractivity contribution in [2.45, 2.75) is 6.61 Å². The molecule has 0 radical (unpaired) electrons. The van der Waals surface area contributed by atoms with E-state index in [1.807, 2.05) is 0 Å². The van der Waals surface area contributed by atoms with Crippen LogP contribution in [0.5, 0.6) is 11.5 Å². The molecule has 0 aliphatic carbocycles. The highest BCUT2D eigenvalue weighted by atomic mass is 35.5. The van der Waals surface area contributed by atoms with Crippen molar-refractivity contribution < 1.29 is 9.47 Å². The van der Waals surface area contributed by atoms with Crippen LogP contribution in [0.1, 0.15) is 5.82 Å². The maximum absolute atomic E-state index is 5.76. The van der Waals surface area contributed by atoms with Gasteiger partial charge in [-0.2, -0.15) is 0 Å². The number of hydrogen-bond donors (Lipinski definition) is 0. The molecule has 0 unspecified atom stereocenters. The summed E-state index contributed by atoms with van der Waals surface area (Å²) >= 11 is 11.5. The SMILES string of the molecule is COc1ccc(OCc2nc(Cl)cc(Cl)n2)cc1. The molecular formula is C12H10Cl2N2O2. The summed E-state index contributed by atoms with van der Waals surface area (Å²) in [5.74, 6) is 1.89. The summed E-state index contributed by atoms with van der Waals surface area (Å²) in [5, 5.41) is 0.590. The van der Waals surface area contributed by atoms with Crippen LogP contribution in [0.3, 0.4) is 0 Å². The van der Waals surface area contributed by atoms with E-state index in [0.717, 1.165) is 5.75 Å². The van der Waals surface area contributed by atoms with Crippen LogP contribution in [-0.2, 0) is 6.61 Å². The lowest BCUT2D eigenvalue weighted by atomic mass is 10.3. The Morgan fingerprint density at radius 3 is 2.11 bits per heavy atom. The van der Waals surface area contributed by atoms with Crippen molar-refractivity contribution in [2.75, 3.05) is 7.11 Å². The Labute approximate surface area is 114 Å². The molecule has 6 heteroatoms. The molecule has 18 heavy (non-hydrogen) atoms. The maximum atomic E-state index is 5.76. The van der Waals surface area contributed by atoms with Gasteiger partial charge < -0.3 is 9.47 Å². The number of rotatable bonds is 4. The van der Waals surface area contributed by atoms with Crippen LogP contribution < -0.4 is 9.47 Å². The summed E-state index contributed by atoms with van der Waals surface area (Å²) in [5.41, 5.74) is 0. The van der Waals surface area contributed by atoms with E-state index < -0.39 is 0 Å². The van der Waals surface area contributed by atoms with Gasteiger partial charge >= 0.3 is 0 Å². The van der Waals surface area contributed by atoms with Gasteiger partial charge in [0.15, 0.2) is 5.82 Å². The van der Waals surface area contributed by atoms with Crippen molar-refractivity contribution in [3.8, 4) is 11.5 Å². The van der Waals surface area contributed by atoms with Crippen LogP contribution in [0.15, 0.2) is 30.3 Å². The van der Waals surface area contributed by atoms with Crippen molar-refractivity contribution in [1.29, 1.82) is 0 Å². The van der Waals surface area contributed by atoms with Crippen LogP contribution in [-0.4, -0.2) is 17.1 Å². The average Bonchev–Trinajstić information content (AvgIpc) is 2.36. The molecule has 1 heterocycles. The smallest absolute Gasteiger partial charge is 0.169 e. The van der Waals surface area contributed by atoms with Gasteiger partial charge in [-0.3, -0.25) is 0 Å². The fourth-order valence-corrected chi connectivity index (χ4v) is 1.78. The van der Waals surface area contributed by atoms with Crippen LogP contribution >= 0.6 is 23.2 Å². The molecule has 0 saturated carbocycles. The average molecular weight is 285 g/mol. The Hall–Kier alpha value is -1.52. The van der Waals surface area contributed by atoms with Gasteiger partial charge in [-0.05, 0) is 24.3 Å². The Bertz CT molecular complexity index is 512. The predicted octanol–water partition coefficient (Wildman–Crippen LogP) is 3.37. The summed E-state index contributed by atoms with van der Waals surface area (Å²) in [6.07, 6.45) is 0. The predicted molar refractivity (Wildman–Crippen MR) is 69.4 cm³/mol. The molecule has 4 nitrogen and oxygen atoms in total. The molecule has 94 valence electrons. The third-order valence-corrected chi connectivity index (χ3v) is 2.52. The Balaban J connectivity index is 2.01. The first-order chi connectivity index (χ1) is 8.67. The van der Waals surface area contributed by atoms with Crippen molar-refractivity contribution >= 4 is 23.2 Å². The van der Waals surface area contributed by atoms with Crippen molar-refractivity contribution in [3.05, 3.63) is 46.5 Å². The van der Waals surface area contributed by atoms with Gasteiger partial charge in [0.05, 0.1) is 7.11 Å². The zero-order chi connectivity index (χ0) is 13.0. The fourth-order valence-electron chi connectivity index (χ4n) is 1.32. The highest BCUT2D eigenvalue weighted by Gasteiger charge is 2.03. The van der Waals surface area contributed by atoms with Crippen LogP contribution in [0.2, 0.25) is 10.3 Å². The zero-order valence-electron chi connectivity index (χ0n) is 9.56. The van der Waals surface area contributed by atoms with Gasteiger partial charge in [-0.1, -0.05) is 23.2 Å². The zero-order valence-corrected chi connectivity index (χ0v) is 11.1. The van der Waals surface area contributed by atoms with Crippen LogP contribution in [0.25, 0.3) is 0 Å². The molecule has 1 aromatic carbocycles. The van der Waals surface area contributed by atoms with Crippen molar-refractivity contribution in [2.24, 2.45) is 0 Å². The number of benzene rings is 1. The molecule has 0 amide bonds. The molecule has 2 aromatic rings. The Kier molecular flexibility index (Phi) is 4.23. The lowest BCUT2D eigenvalue weighted by Gasteiger charge is -2.06. The van der Waals surface area contributed by atoms with E-state index in [1.54, 1.807) is 31.4 Å². The minimum absolute atomic E-state index is 0.201. The maximum Gasteiger partial charge on any atom is 0.169 e. The van der Waals surface area contributed by atoms with Crippen LogP contribution in [0.4, 0.5) is 0 Å². The number of hydrogen-bond acceptors (Lipinski definition) is 4. The first-order valence-electron chi connectivity index (χ1n) is 5.13. The van der Waals surface area contributed by atoms with Gasteiger partial charge in [0.25, 0.3) is 0 Å². The highest BCUT2D eigenvalue weighted by molar-refractivity contribution is 6.33. The molecule has 0 aliphatic rings. The summed E-state index contributed by atoms with van der Waals surface area (Å²) in [6, 6.07) is 8.68. The molecule has 1 aromatic heterocycles. The van der Waals surface area contributed by atoms with Gasteiger partial charge in [-0.15, -0.1) is 0 Å². The molecule has 0 aliphatic heterocycles. The number of aromatic nitrogens is 2. The largest absolute Gasteiger partial charge is 0.497 e. The van der Waals surface area contributed by atoms with E-state index in [4.69, 9.17) is 32.7 Å². The monoisotopic (exact) mass is 284 g/mol. The molecule has 0 fully saturated rings. The van der Waals surface area contributed by atoms with Gasteiger partial charge in [0.2, 0.25) is 0 Å². The highest BCUT2D eigenvalue weighted by Crippen LogP contribution is 2.18. The molecule has 0 N–H and O–H groups in total. The lowest BCUT2D eigenvalue weighted by Crippen LogP contribution is -2.01. The molecule has 0 spiro atoms. The summed E-state index contributed by atoms with van der Waals surface area (Å²) in [4.78, 5) is 8.01. The molecule has 2 rings (SSSR count). The van der Waals surface area contributed by atoms with Gasteiger partial charge in [0, 0.05) is 6.07 Å².